The maximum atomic E-state index is 10.5. The van der Waals surface area contributed by atoms with Crippen molar-refractivity contribution in [1.82, 2.24) is 4.98 Å². The van der Waals surface area contributed by atoms with Crippen LogP contribution >= 0.6 is 11.3 Å². The SMILES string of the molecule is C=CCc1scnc1C(=O)O. The van der Waals surface area contributed by atoms with Crippen LogP contribution in [0, 0.1) is 0 Å². The molecular weight excluding hydrogens is 162 g/mol. The van der Waals surface area contributed by atoms with Crippen molar-refractivity contribution in [3.8, 4) is 0 Å². The molecule has 0 unspecified atom stereocenters. The second-order valence-corrected chi connectivity index (χ2v) is 2.86. The molecule has 0 amide bonds. The minimum absolute atomic E-state index is 0.148. The first-order valence-corrected chi connectivity index (χ1v) is 3.90. The molecule has 1 aromatic heterocycles. The smallest absolute Gasteiger partial charge is 0.355 e. The molecular formula is C7H7NO2S. The van der Waals surface area contributed by atoms with Crippen LogP contribution < -0.4 is 0 Å². The molecule has 0 fully saturated rings. The molecule has 0 saturated heterocycles. The summed E-state index contributed by atoms with van der Waals surface area (Å²) < 4.78 is 0. The highest BCUT2D eigenvalue weighted by atomic mass is 32.1. The molecule has 0 aliphatic heterocycles. The van der Waals surface area contributed by atoms with E-state index in [0.717, 1.165) is 4.88 Å². The number of carboxylic acids is 1. The lowest BCUT2D eigenvalue weighted by Crippen LogP contribution is -1.99. The van der Waals surface area contributed by atoms with Gasteiger partial charge >= 0.3 is 5.97 Å². The average Bonchev–Trinajstić information content (AvgIpc) is 2.36. The highest BCUT2D eigenvalue weighted by molar-refractivity contribution is 7.09. The summed E-state index contributed by atoms with van der Waals surface area (Å²) in [5.41, 5.74) is 1.68. The molecule has 11 heavy (non-hydrogen) atoms. The molecule has 0 aromatic carbocycles. The maximum absolute atomic E-state index is 10.5. The van der Waals surface area contributed by atoms with Crippen molar-refractivity contribution >= 4 is 17.3 Å². The molecule has 0 radical (unpaired) electrons. The lowest BCUT2D eigenvalue weighted by atomic mass is 10.3. The number of nitrogens with zero attached hydrogens (tertiary/aromatic N) is 1. The third-order valence-electron chi connectivity index (χ3n) is 1.17. The van der Waals surface area contributed by atoms with Gasteiger partial charge in [-0.2, -0.15) is 0 Å². The molecule has 0 aliphatic carbocycles. The molecule has 4 heteroatoms. The standard InChI is InChI=1S/C7H7NO2S/c1-2-3-5-6(7(9)10)8-4-11-5/h2,4H,1,3H2,(H,9,10). The second-order valence-electron chi connectivity index (χ2n) is 1.92. The van der Waals surface area contributed by atoms with Gasteiger partial charge < -0.3 is 5.11 Å². The summed E-state index contributed by atoms with van der Waals surface area (Å²) in [5, 5.41) is 8.59. The van der Waals surface area contributed by atoms with E-state index in [1.807, 2.05) is 0 Å². The molecule has 1 rings (SSSR count). The van der Waals surface area contributed by atoms with E-state index in [9.17, 15) is 4.79 Å². The van der Waals surface area contributed by atoms with Crippen molar-refractivity contribution in [2.24, 2.45) is 0 Å². The van der Waals surface area contributed by atoms with E-state index < -0.39 is 5.97 Å². The molecule has 1 N–H and O–H groups in total. The number of carboxylic acid groups (broad SMARTS) is 1. The number of aromatic carboxylic acids is 1. The van der Waals surface area contributed by atoms with Gasteiger partial charge in [0.25, 0.3) is 0 Å². The molecule has 0 spiro atoms. The van der Waals surface area contributed by atoms with Crippen LogP contribution in [0.1, 0.15) is 15.4 Å². The molecule has 58 valence electrons. The molecule has 0 aliphatic rings. The zero-order valence-electron chi connectivity index (χ0n) is 5.78. The first-order valence-electron chi connectivity index (χ1n) is 3.02. The van der Waals surface area contributed by atoms with Crippen LogP contribution in [0.25, 0.3) is 0 Å². The van der Waals surface area contributed by atoms with Gasteiger partial charge in [-0.3, -0.25) is 0 Å². The highest BCUT2D eigenvalue weighted by Crippen LogP contribution is 2.13. The van der Waals surface area contributed by atoms with Crippen LogP contribution in [-0.2, 0) is 6.42 Å². The van der Waals surface area contributed by atoms with Crippen molar-refractivity contribution in [2.75, 3.05) is 0 Å². The van der Waals surface area contributed by atoms with E-state index in [4.69, 9.17) is 5.11 Å². The maximum Gasteiger partial charge on any atom is 0.355 e. The fraction of sp³-hybridized carbons (Fsp3) is 0.143. The van der Waals surface area contributed by atoms with Crippen molar-refractivity contribution < 1.29 is 9.90 Å². The minimum atomic E-state index is -0.969. The zero-order chi connectivity index (χ0) is 8.27. The minimum Gasteiger partial charge on any atom is -0.476 e. The van der Waals surface area contributed by atoms with Crippen LogP contribution in [0.5, 0.6) is 0 Å². The Labute approximate surface area is 68.0 Å². The summed E-state index contributed by atoms with van der Waals surface area (Å²) in [7, 11) is 0. The number of aromatic nitrogens is 1. The van der Waals surface area contributed by atoms with E-state index in [-0.39, 0.29) is 5.69 Å². The quantitative estimate of drug-likeness (QED) is 0.699. The van der Waals surface area contributed by atoms with Crippen molar-refractivity contribution in [3.63, 3.8) is 0 Å². The Kier molecular flexibility index (Phi) is 2.38. The lowest BCUT2D eigenvalue weighted by Gasteiger charge is -1.90. The van der Waals surface area contributed by atoms with E-state index in [1.165, 1.54) is 16.8 Å². The van der Waals surface area contributed by atoms with Crippen LogP contribution in [0.4, 0.5) is 0 Å². The van der Waals surface area contributed by atoms with Gasteiger partial charge in [0.05, 0.1) is 5.51 Å². The van der Waals surface area contributed by atoms with Crippen LogP contribution in [-0.4, -0.2) is 16.1 Å². The monoisotopic (exact) mass is 169 g/mol. The number of hydrogen-bond acceptors (Lipinski definition) is 3. The Hall–Kier alpha value is -1.16. The first kappa shape index (κ1) is 7.94. The van der Waals surface area contributed by atoms with Gasteiger partial charge in [0, 0.05) is 11.3 Å². The summed E-state index contributed by atoms with van der Waals surface area (Å²) in [6, 6.07) is 0. The molecule has 0 bridgehead atoms. The average molecular weight is 169 g/mol. The number of carbonyl (C=O) groups is 1. The van der Waals surface area contributed by atoms with E-state index in [0.29, 0.717) is 6.42 Å². The van der Waals surface area contributed by atoms with Gasteiger partial charge in [0.2, 0.25) is 0 Å². The Bertz CT molecular complexity index is 280. The highest BCUT2D eigenvalue weighted by Gasteiger charge is 2.10. The Balaban J connectivity index is 2.95. The molecule has 0 saturated carbocycles. The summed E-state index contributed by atoms with van der Waals surface area (Å²) in [6.45, 7) is 3.52. The molecule has 0 atom stereocenters. The summed E-state index contributed by atoms with van der Waals surface area (Å²) >= 11 is 1.34. The third-order valence-corrected chi connectivity index (χ3v) is 2.03. The number of rotatable bonds is 3. The summed E-state index contributed by atoms with van der Waals surface area (Å²) in [4.78, 5) is 14.9. The number of allylic oxidation sites excluding steroid dienone is 1. The van der Waals surface area contributed by atoms with Gasteiger partial charge in [0.15, 0.2) is 5.69 Å². The molecule has 1 heterocycles. The lowest BCUT2D eigenvalue weighted by molar-refractivity contribution is 0.0690. The van der Waals surface area contributed by atoms with E-state index in [2.05, 4.69) is 11.6 Å². The Morgan fingerprint density at radius 1 is 1.91 bits per heavy atom. The van der Waals surface area contributed by atoms with Crippen LogP contribution in [0.3, 0.4) is 0 Å². The second kappa shape index (κ2) is 3.30. The Morgan fingerprint density at radius 3 is 3.18 bits per heavy atom. The number of thiazole rings is 1. The summed E-state index contributed by atoms with van der Waals surface area (Å²) in [5.74, 6) is -0.969. The first-order chi connectivity index (χ1) is 5.25. The van der Waals surface area contributed by atoms with Crippen molar-refractivity contribution in [3.05, 3.63) is 28.7 Å². The van der Waals surface area contributed by atoms with Gasteiger partial charge in [-0.25, -0.2) is 9.78 Å². The number of hydrogen-bond donors (Lipinski definition) is 1. The topological polar surface area (TPSA) is 50.2 Å². The van der Waals surface area contributed by atoms with Gasteiger partial charge in [-0.1, -0.05) is 6.08 Å². The van der Waals surface area contributed by atoms with Crippen LogP contribution in [0.2, 0.25) is 0 Å². The van der Waals surface area contributed by atoms with E-state index >= 15 is 0 Å². The van der Waals surface area contributed by atoms with Gasteiger partial charge in [-0.05, 0) is 0 Å². The predicted octanol–water partition coefficient (Wildman–Crippen LogP) is 1.57. The Morgan fingerprint density at radius 2 is 2.64 bits per heavy atom. The fourth-order valence-corrected chi connectivity index (χ4v) is 1.47. The normalized spacial score (nSPS) is 9.45. The van der Waals surface area contributed by atoms with Crippen LogP contribution in [0.15, 0.2) is 18.2 Å². The largest absolute Gasteiger partial charge is 0.476 e. The van der Waals surface area contributed by atoms with Crippen molar-refractivity contribution in [1.29, 1.82) is 0 Å². The molecule has 3 nitrogen and oxygen atoms in total. The fourth-order valence-electron chi connectivity index (χ4n) is 0.721. The summed E-state index contributed by atoms with van der Waals surface area (Å²) in [6.07, 6.45) is 2.24. The van der Waals surface area contributed by atoms with Crippen molar-refractivity contribution in [2.45, 2.75) is 6.42 Å². The predicted molar refractivity (Wildman–Crippen MR) is 43.0 cm³/mol. The van der Waals surface area contributed by atoms with E-state index in [1.54, 1.807) is 6.08 Å². The van der Waals surface area contributed by atoms with Gasteiger partial charge in [-0.15, -0.1) is 17.9 Å². The third kappa shape index (κ3) is 1.65. The zero-order valence-corrected chi connectivity index (χ0v) is 6.60. The molecule has 1 aromatic rings. The van der Waals surface area contributed by atoms with Gasteiger partial charge in [0.1, 0.15) is 0 Å².